The zero-order valence-corrected chi connectivity index (χ0v) is 16.5. The van der Waals surface area contributed by atoms with Crippen LogP contribution in [0, 0.1) is 13.8 Å². The van der Waals surface area contributed by atoms with Gasteiger partial charge in [-0.1, -0.05) is 38.1 Å². The number of methoxy groups -OCH3 is 1. The number of rotatable bonds is 6. The molecule has 0 bridgehead atoms. The molecule has 0 saturated heterocycles. The van der Waals surface area contributed by atoms with Crippen LogP contribution < -0.4 is 15.4 Å². The number of hydrogen-bond donors (Lipinski definition) is 2. The van der Waals surface area contributed by atoms with Crippen LogP contribution in [0.4, 0.5) is 23.1 Å². The van der Waals surface area contributed by atoms with E-state index in [9.17, 15) is 0 Å². The molecule has 0 aliphatic rings. The van der Waals surface area contributed by atoms with Crippen LogP contribution in [0.5, 0.6) is 5.75 Å². The summed E-state index contributed by atoms with van der Waals surface area (Å²) in [6, 6.07) is 16.0. The van der Waals surface area contributed by atoms with Crippen molar-refractivity contribution < 1.29 is 4.74 Å². The second-order valence-electron chi connectivity index (χ2n) is 6.89. The molecule has 2 N–H and O–H groups in total. The largest absolute Gasteiger partial charge is 0.497 e. The summed E-state index contributed by atoms with van der Waals surface area (Å²) in [5, 5.41) is 6.75. The summed E-state index contributed by atoms with van der Waals surface area (Å²) in [6.45, 7) is 8.43. The van der Waals surface area contributed by atoms with Gasteiger partial charge in [0.15, 0.2) is 0 Å². The van der Waals surface area contributed by atoms with Crippen molar-refractivity contribution in [2.24, 2.45) is 0 Å². The van der Waals surface area contributed by atoms with Crippen LogP contribution in [0.3, 0.4) is 0 Å². The first-order valence-corrected chi connectivity index (χ1v) is 9.09. The first-order chi connectivity index (χ1) is 13.0. The Morgan fingerprint density at radius 1 is 0.926 bits per heavy atom. The number of para-hydroxylation sites is 1. The quantitative estimate of drug-likeness (QED) is 0.588. The highest BCUT2D eigenvalue weighted by Crippen LogP contribution is 2.30. The van der Waals surface area contributed by atoms with Gasteiger partial charge in [-0.25, -0.2) is 4.98 Å². The number of nitrogens with zero attached hydrogens (tertiary/aromatic N) is 2. The average molecular weight is 362 g/mol. The summed E-state index contributed by atoms with van der Waals surface area (Å²) < 4.78 is 5.28. The molecule has 0 spiro atoms. The van der Waals surface area contributed by atoms with Crippen LogP contribution in [-0.2, 0) is 0 Å². The standard InChI is InChI=1S/C22H26N4O/c1-14(2)19-11-6-8-15(3)21(19)26-22-23-16(4)12-20(25-22)24-17-9-7-10-18(13-17)27-5/h6-14H,1-5H3,(H2,23,24,25,26). The van der Waals surface area contributed by atoms with Crippen molar-refractivity contribution in [1.82, 2.24) is 9.97 Å². The van der Waals surface area contributed by atoms with E-state index in [1.54, 1.807) is 7.11 Å². The summed E-state index contributed by atoms with van der Waals surface area (Å²) in [5.41, 5.74) is 5.30. The van der Waals surface area contributed by atoms with Crippen molar-refractivity contribution in [3.63, 3.8) is 0 Å². The molecule has 0 saturated carbocycles. The fourth-order valence-electron chi connectivity index (χ4n) is 2.99. The number of nitrogens with one attached hydrogen (secondary N) is 2. The SMILES string of the molecule is COc1cccc(Nc2cc(C)nc(Nc3c(C)cccc3C(C)C)n2)c1. The molecule has 3 rings (SSSR count). The number of anilines is 4. The molecular formula is C22H26N4O. The molecule has 2 aromatic carbocycles. The van der Waals surface area contributed by atoms with E-state index < -0.39 is 0 Å². The molecule has 1 heterocycles. The highest BCUT2D eigenvalue weighted by molar-refractivity contribution is 5.66. The second kappa shape index (κ2) is 8.08. The van der Waals surface area contributed by atoms with Crippen molar-refractivity contribution in [3.8, 4) is 5.75 Å². The minimum atomic E-state index is 0.409. The van der Waals surface area contributed by atoms with E-state index in [4.69, 9.17) is 4.74 Å². The maximum atomic E-state index is 5.28. The summed E-state index contributed by atoms with van der Waals surface area (Å²) in [5.74, 6) is 2.52. The van der Waals surface area contributed by atoms with Gasteiger partial charge in [0.05, 0.1) is 7.11 Å². The average Bonchev–Trinajstić information content (AvgIpc) is 2.63. The molecule has 0 unspecified atom stereocenters. The maximum absolute atomic E-state index is 5.28. The molecule has 0 amide bonds. The van der Waals surface area contributed by atoms with Crippen molar-refractivity contribution in [3.05, 3.63) is 65.4 Å². The molecule has 5 heteroatoms. The van der Waals surface area contributed by atoms with E-state index >= 15 is 0 Å². The smallest absolute Gasteiger partial charge is 0.229 e. The van der Waals surface area contributed by atoms with Gasteiger partial charge < -0.3 is 15.4 Å². The van der Waals surface area contributed by atoms with E-state index in [1.807, 2.05) is 37.3 Å². The highest BCUT2D eigenvalue weighted by atomic mass is 16.5. The van der Waals surface area contributed by atoms with Gasteiger partial charge in [-0.2, -0.15) is 4.98 Å². The van der Waals surface area contributed by atoms with Crippen molar-refractivity contribution in [2.45, 2.75) is 33.6 Å². The zero-order valence-electron chi connectivity index (χ0n) is 16.5. The van der Waals surface area contributed by atoms with Crippen LogP contribution in [0.2, 0.25) is 0 Å². The summed E-state index contributed by atoms with van der Waals surface area (Å²) in [7, 11) is 1.66. The van der Waals surface area contributed by atoms with Gasteiger partial charge in [0.2, 0.25) is 5.95 Å². The summed E-state index contributed by atoms with van der Waals surface area (Å²) in [6.07, 6.45) is 0. The molecule has 0 fully saturated rings. The van der Waals surface area contributed by atoms with E-state index in [0.29, 0.717) is 11.9 Å². The lowest BCUT2D eigenvalue weighted by atomic mass is 9.98. The minimum absolute atomic E-state index is 0.409. The van der Waals surface area contributed by atoms with Crippen LogP contribution in [0.1, 0.15) is 36.6 Å². The van der Waals surface area contributed by atoms with Gasteiger partial charge in [0, 0.05) is 29.2 Å². The number of aromatic nitrogens is 2. The van der Waals surface area contributed by atoms with Crippen molar-refractivity contribution >= 4 is 23.1 Å². The third-order valence-electron chi connectivity index (χ3n) is 4.36. The van der Waals surface area contributed by atoms with E-state index in [0.717, 1.165) is 28.6 Å². The van der Waals surface area contributed by atoms with Gasteiger partial charge in [-0.15, -0.1) is 0 Å². The number of ether oxygens (including phenoxy) is 1. The van der Waals surface area contributed by atoms with Gasteiger partial charge in [-0.3, -0.25) is 0 Å². The molecule has 0 aliphatic heterocycles. The lowest BCUT2D eigenvalue weighted by molar-refractivity contribution is 0.415. The van der Waals surface area contributed by atoms with E-state index in [-0.39, 0.29) is 0 Å². The lowest BCUT2D eigenvalue weighted by Gasteiger charge is -2.17. The normalized spacial score (nSPS) is 10.7. The zero-order chi connectivity index (χ0) is 19.4. The molecule has 140 valence electrons. The maximum Gasteiger partial charge on any atom is 0.229 e. The van der Waals surface area contributed by atoms with Crippen molar-refractivity contribution in [2.75, 3.05) is 17.7 Å². The van der Waals surface area contributed by atoms with Gasteiger partial charge in [0.25, 0.3) is 0 Å². The molecule has 27 heavy (non-hydrogen) atoms. The van der Waals surface area contributed by atoms with Gasteiger partial charge in [-0.05, 0) is 43.0 Å². The molecule has 5 nitrogen and oxygen atoms in total. The first kappa shape index (κ1) is 18.7. The third-order valence-corrected chi connectivity index (χ3v) is 4.36. The highest BCUT2D eigenvalue weighted by Gasteiger charge is 2.11. The Labute approximate surface area is 160 Å². The Kier molecular flexibility index (Phi) is 5.60. The van der Waals surface area contributed by atoms with Crippen LogP contribution >= 0.6 is 0 Å². The summed E-state index contributed by atoms with van der Waals surface area (Å²) in [4.78, 5) is 9.21. The van der Waals surface area contributed by atoms with Crippen LogP contribution in [0.25, 0.3) is 0 Å². The Balaban J connectivity index is 1.90. The molecule has 0 aliphatic carbocycles. The minimum Gasteiger partial charge on any atom is -0.497 e. The Morgan fingerprint density at radius 3 is 2.44 bits per heavy atom. The fraction of sp³-hybridized carbons (Fsp3) is 0.273. The molecule has 3 aromatic rings. The fourth-order valence-corrected chi connectivity index (χ4v) is 2.99. The third kappa shape index (κ3) is 4.56. The predicted molar refractivity (Wildman–Crippen MR) is 112 cm³/mol. The summed E-state index contributed by atoms with van der Waals surface area (Å²) >= 11 is 0. The monoisotopic (exact) mass is 362 g/mol. The Hall–Kier alpha value is -3.08. The van der Waals surface area contributed by atoms with Gasteiger partial charge in [0.1, 0.15) is 11.6 Å². The van der Waals surface area contributed by atoms with Crippen molar-refractivity contribution in [1.29, 1.82) is 0 Å². The van der Waals surface area contributed by atoms with E-state index in [2.05, 4.69) is 59.6 Å². The predicted octanol–water partition coefficient (Wildman–Crippen LogP) is 5.71. The Morgan fingerprint density at radius 2 is 1.70 bits per heavy atom. The Bertz CT molecular complexity index is 937. The van der Waals surface area contributed by atoms with E-state index in [1.165, 1.54) is 11.1 Å². The second-order valence-corrected chi connectivity index (χ2v) is 6.89. The molecule has 0 atom stereocenters. The van der Waals surface area contributed by atoms with Crippen LogP contribution in [-0.4, -0.2) is 17.1 Å². The van der Waals surface area contributed by atoms with Gasteiger partial charge >= 0.3 is 0 Å². The number of hydrogen-bond acceptors (Lipinski definition) is 5. The first-order valence-electron chi connectivity index (χ1n) is 9.09. The van der Waals surface area contributed by atoms with Crippen LogP contribution in [0.15, 0.2) is 48.5 Å². The molecule has 0 radical (unpaired) electrons. The number of benzene rings is 2. The lowest BCUT2D eigenvalue weighted by Crippen LogP contribution is -2.06. The number of aryl methyl sites for hydroxylation is 2. The topological polar surface area (TPSA) is 59.1 Å². The molecular weight excluding hydrogens is 336 g/mol. The molecule has 1 aromatic heterocycles.